The van der Waals surface area contributed by atoms with Crippen molar-refractivity contribution in [3.05, 3.63) is 0 Å². The Hall–Kier alpha value is 0.270. The van der Waals surface area contributed by atoms with Crippen LogP contribution < -0.4 is 5.32 Å². The fourth-order valence-corrected chi connectivity index (χ4v) is 1.37. The van der Waals surface area contributed by atoms with Gasteiger partial charge in [0, 0.05) is 26.2 Å². The Morgan fingerprint density at radius 1 is 1.38 bits per heavy atom. The van der Waals surface area contributed by atoms with Crippen molar-refractivity contribution in [1.82, 2.24) is 9.62 Å². The average Bonchev–Trinajstić information content (AvgIpc) is 1.90. The van der Waals surface area contributed by atoms with Crippen LogP contribution in [0, 0.1) is 0 Å². The highest BCUT2D eigenvalue weighted by molar-refractivity contribution is 7.96. The molecule has 0 aromatic carbocycles. The second kappa shape index (κ2) is 3.33. The standard InChI is InChI=1S/C5H12N2S/c1-8-7-4-2-6-3-5-7/h6H,2-5H2,1H3. The lowest BCUT2D eigenvalue weighted by atomic mass is 10.4. The molecule has 0 radical (unpaired) electrons. The minimum atomic E-state index is 1.15. The molecular formula is C5H12N2S. The van der Waals surface area contributed by atoms with Crippen LogP contribution in [0.3, 0.4) is 0 Å². The lowest BCUT2D eigenvalue weighted by Gasteiger charge is -2.23. The predicted octanol–water partition coefficient (Wildman–Crippen LogP) is 0.170. The monoisotopic (exact) mass is 132 g/mol. The van der Waals surface area contributed by atoms with Gasteiger partial charge in [-0.3, -0.25) is 0 Å². The number of nitrogens with zero attached hydrogens (tertiary/aromatic N) is 1. The Labute approximate surface area is 54.8 Å². The first kappa shape index (κ1) is 6.39. The van der Waals surface area contributed by atoms with Crippen LogP contribution in [-0.4, -0.2) is 36.7 Å². The molecule has 0 atom stereocenters. The number of hydrogen-bond acceptors (Lipinski definition) is 3. The maximum Gasteiger partial charge on any atom is 0.0215 e. The molecule has 0 amide bonds. The molecule has 1 aliphatic rings. The average molecular weight is 132 g/mol. The van der Waals surface area contributed by atoms with E-state index in [1.54, 1.807) is 0 Å². The zero-order valence-corrected chi connectivity index (χ0v) is 6.00. The summed E-state index contributed by atoms with van der Waals surface area (Å²) in [6.45, 7) is 4.70. The van der Waals surface area contributed by atoms with Gasteiger partial charge in [-0.2, -0.15) is 0 Å². The van der Waals surface area contributed by atoms with Crippen molar-refractivity contribution in [1.29, 1.82) is 0 Å². The summed E-state index contributed by atoms with van der Waals surface area (Å²) < 4.78 is 2.37. The summed E-state index contributed by atoms with van der Waals surface area (Å²) in [7, 11) is 0. The summed E-state index contributed by atoms with van der Waals surface area (Å²) >= 11 is 1.84. The van der Waals surface area contributed by atoms with Crippen molar-refractivity contribution in [2.24, 2.45) is 0 Å². The van der Waals surface area contributed by atoms with E-state index in [-0.39, 0.29) is 0 Å². The van der Waals surface area contributed by atoms with Crippen molar-refractivity contribution < 1.29 is 0 Å². The van der Waals surface area contributed by atoms with E-state index >= 15 is 0 Å². The topological polar surface area (TPSA) is 15.3 Å². The van der Waals surface area contributed by atoms with E-state index in [9.17, 15) is 0 Å². The van der Waals surface area contributed by atoms with E-state index in [1.165, 1.54) is 13.1 Å². The molecule has 0 aromatic rings. The minimum Gasteiger partial charge on any atom is -0.314 e. The second-order valence-electron chi connectivity index (χ2n) is 1.86. The van der Waals surface area contributed by atoms with Gasteiger partial charge in [-0.1, -0.05) is 11.9 Å². The van der Waals surface area contributed by atoms with Gasteiger partial charge in [0.05, 0.1) is 0 Å². The van der Waals surface area contributed by atoms with Gasteiger partial charge in [0.25, 0.3) is 0 Å². The van der Waals surface area contributed by atoms with Crippen LogP contribution in [0.2, 0.25) is 0 Å². The second-order valence-corrected chi connectivity index (χ2v) is 2.74. The third kappa shape index (κ3) is 1.65. The maximum atomic E-state index is 3.29. The predicted molar refractivity (Wildman–Crippen MR) is 38.0 cm³/mol. The number of hydrogen-bond donors (Lipinski definition) is 1. The van der Waals surface area contributed by atoms with Crippen molar-refractivity contribution in [2.45, 2.75) is 0 Å². The molecule has 3 heteroatoms. The van der Waals surface area contributed by atoms with Crippen LogP contribution in [0.1, 0.15) is 0 Å². The van der Waals surface area contributed by atoms with E-state index in [1.807, 2.05) is 11.9 Å². The van der Waals surface area contributed by atoms with Gasteiger partial charge >= 0.3 is 0 Å². The molecule has 0 bridgehead atoms. The summed E-state index contributed by atoms with van der Waals surface area (Å²) in [5.74, 6) is 0. The lowest BCUT2D eigenvalue weighted by Crippen LogP contribution is -2.39. The maximum absolute atomic E-state index is 3.29. The largest absolute Gasteiger partial charge is 0.314 e. The molecule has 0 saturated carbocycles. The van der Waals surface area contributed by atoms with E-state index in [0.717, 1.165) is 13.1 Å². The Kier molecular flexibility index (Phi) is 2.66. The molecule has 2 nitrogen and oxygen atoms in total. The highest BCUT2D eigenvalue weighted by atomic mass is 32.2. The molecule has 1 saturated heterocycles. The molecule has 48 valence electrons. The van der Waals surface area contributed by atoms with Crippen LogP contribution in [0.4, 0.5) is 0 Å². The fraction of sp³-hybridized carbons (Fsp3) is 1.00. The molecule has 0 unspecified atom stereocenters. The van der Waals surface area contributed by atoms with Crippen molar-refractivity contribution >= 4 is 11.9 Å². The van der Waals surface area contributed by atoms with Gasteiger partial charge in [0.1, 0.15) is 0 Å². The Morgan fingerprint density at radius 3 is 2.38 bits per heavy atom. The van der Waals surface area contributed by atoms with Crippen LogP contribution in [0.15, 0.2) is 0 Å². The molecule has 1 aliphatic heterocycles. The quantitative estimate of drug-likeness (QED) is 0.512. The Bertz CT molecular complexity index is 61.4. The molecule has 0 spiro atoms. The van der Waals surface area contributed by atoms with E-state index in [4.69, 9.17) is 0 Å². The first-order valence-electron chi connectivity index (χ1n) is 2.93. The van der Waals surface area contributed by atoms with Crippen LogP contribution >= 0.6 is 11.9 Å². The van der Waals surface area contributed by atoms with E-state index < -0.39 is 0 Å². The Balaban J connectivity index is 2.13. The first-order valence-corrected chi connectivity index (χ1v) is 4.11. The molecule has 1 fully saturated rings. The summed E-state index contributed by atoms with van der Waals surface area (Å²) in [6, 6.07) is 0. The molecule has 0 aromatic heterocycles. The molecule has 1 N–H and O–H groups in total. The summed E-state index contributed by atoms with van der Waals surface area (Å²) in [4.78, 5) is 0. The zero-order chi connectivity index (χ0) is 5.82. The molecule has 1 rings (SSSR count). The third-order valence-electron chi connectivity index (χ3n) is 1.33. The van der Waals surface area contributed by atoms with Gasteiger partial charge in [0.2, 0.25) is 0 Å². The SMILES string of the molecule is CSN1CCNCC1. The van der Waals surface area contributed by atoms with Crippen molar-refractivity contribution in [3.8, 4) is 0 Å². The third-order valence-corrected chi connectivity index (χ3v) is 2.22. The van der Waals surface area contributed by atoms with Gasteiger partial charge in [-0.15, -0.1) is 0 Å². The minimum absolute atomic E-state index is 1.15. The lowest BCUT2D eigenvalue weighted by molar-refractivity contribution is 0.397. The molecule has 8 heavy (non-hydrogen) atoms. The first-order chi connectivity index (χ1) is 3.93. The smallest absolute Gasteiger partial charge is 0.0215 e. The molecule has 1 heterocycles. The zero-order valence-electron chi connectivity index (χ0n) is 5.18. The van der Waals surface area contributed by atoms with Crippen molar-refractivity contribution in [3.63, 3.8) is 0 Å². The number of nitrogens with one attached hydrogen (secondary N) is 1. The number of piperazine rings is 1. The highest BCUT2D eigenvalue weighted by Crippen LogP contribution is 2.03. The van der Waals surface area contributed by atoms with Crippen LogP contribution in [0.5, 0.6) is 0 Å². The molecule has 0 aliphatic carbocycles. The summed E-state index contributed by atoms with van der Waals surface area (Å²) in [5.41, 5.74) is 0. The normalized spacial score (nSPS) is 23.6. The summed E-state index contributed by atoms with van der Waals surface area (Å²) in [6.07, 6.45) is 2.13. The number of rotatable bonds is 1. The highest BCUT2D eigenvalue weighted by Gasteiger charge is 2.05. The van der Waals surface area contributed by atoms with Gasteiger partial charge in [-0.05, 0) is 6.26 Å². The van der Waals surface area contributed by atoms with Crippen LogP contribution in [0.25, 0.3) is 0 Å². The van der Waals surface area contributed by atoms with Gasteiger partial charge in [-0.25, -0.2) is 4.31 Å². The Morgan fingerprint density at radius 2 is 2.00 bits per heavy atom. The van der Waals surface area contributed by atoms with Crippen molar-refractivity contribution in [2.75, 3.05) is 32.4 Å². The summed E-state index contributed by atoms with van der Waals surface area (Å²) in [5, 5.41) is 3.29. The van der Waals surface area contributed by atoms with E-state index in [0.29, 0.717) is 0 Å². The fourth-order valence-electron chi connectivity index (χ4n) is 0.827. The molecular weight excluding hydrogens is 120 g/mol. The van der Waals surface area contributed by atoms with Crippen LogP contribution in [-0.2, 0) is 0 Å². The van der Waals surface area contributed by atoms with Gasteiger partial charge < -0.3 is 5.32 Å². The van der Waals surface area contributed by atoms with Gasteiger partial charge in [0.15, 0.2) is 0 Å². The van der Waals surface area contributed by atoms with E-state index in [2.05, 4.69) is 15.9 Å².